The summed E-state index contributed by atoms with van der Waals surface area (Å²) in [5.74, 6) is 1.56. The predicted molar refractivity (Wildman–Crippen MR) is 76.7 cm³/mol. The lowest BCUT2D eigenvalue weighted by Gasteiger charge is -2.24. The van der Waals surface area contributed by atoms with Gasteiger partial charge in [-0.2, -0.15) is 0 Å². The molecule has 0 amide bonds. The van der Waals surface area contributed by atoms with E-state index in [1.54, 1.807) is 6.07 Å². The standard InChI is InChI=1S/C14H18N4O/c1-14(2,9-19)18-12-8-11(15)16-13(17-12)10-6-4-3-5-7-10/h3-8,19H,9H2,1-2H3,(H3,15,16,17,18). The smallest absolute Gasteiger partial charge is 0.163 e. The van der Waals surface area contributed by atoms with Crippen LogP contribution in [0.2, 0.25) is 0 Å². The van der Waals surface area contributed by atoms with Gasteiger partial charge in [-0.3, -0.25) is 0 Å². The van der Waals surface area contributed by atoms with Gasteiger partial charge in [-0.05, 0) is 13.8 Å². The molecule has 0 saturated carbocycles. The van der Waals surface area contributed by atoms with E-state index in [4.69, 9.17) is 5.73 Å². The topological polar surface area (TPSA) is 84.1 Å². The van der Waals surface area contributed by atoms with Crippen molar-refractivity contribution in [2.24, 2.45) is 0 Å². The van der Waals surface area contributed by atoms with Crippen molar-refractivity contribution in [3.63, 3.8) is 0 Å². The van der Waals surface area contributed by atoms with Gasteiger partial charge in [0.15, 0.2) is 5.82 Å². The average molecular weight is 258 g/mol. The van der Waals surface area contributed by atoms with Crippen LogP contribution in [0.4, 0.5) is 11.6 Å². The van der Waals surface area contributed by atoms with Crippen LogP contribution in [-0.2, 0) is 0 Å². The Kier molecular flexibility index (Phi) is 3.66. The summed E-state index contributed by atoms with van der Waals surface area (Å²) in [5, 5.41) is 12.4. The van der Waals surface area contributed by atoms with Gasteiger partial charge in [0.2, 0.25) is 0 Å². The molecule has 0 aliphatic heterocycles. The molecule has 0 aliphatic rings. The van der Waals surface area contributed by atoms with Crippen molar-refractivity contribution >= 4 is 11.6 Å². The van der Waals surface area contributed by atoms with E-state index in [1.807, 2.05) is 44.2 Å². The fraction of sp³-hybridized carbons (Fsp3) is 0.286. The van der Waals surface area contributed by atoms with E-state index >= 15 is 0 Å². The average Bonchev–Trinajstić information content (AvgIpc) is 2.38. The third kappa shape index (κ3) is 3.42. The predicted octanol–water partition coefficient (Wildman–Crippen LogP) is 1.91. The second-order valence-electron chi connectivity index (χ2n) is 5.03. The summed E-state index contributed by atoms with van der Waals surface area (Å²) >= 11 is 0. The first-order valence-corrected chi connectivity index (χ1v) is 6.09. The van der Waals surface area contributed by atoms with Gasteiger partial charge in [-0.15, -0.1) is 0 Å². The first-order valence-electron chi connectivity index (χ1n) is 6.09. The molecule has 5 heteroatoms. The van der Waals surface area contributed by atoms with Crippen LogP contribution in [-0.4, -0.2) is 27.2 Å². The van der Waals surface area contributed by atoms with E-state index in [0.717, 1.165) is 5.56 Å². The highest BCUT2D eigenvalue weighted by atomic mass is 16.3. The molecule has 2 aromatic rings. The SMILES string of the molecule is CC(C)(CO)Nc1cc(N)nc(-c2ccccc2)n1. The molecule has 1 heterocycles. The number of aliphatic hydroxyl groups excluding tert-OH is 1. The van der Waals surface area contributed by atoms with Crippen molar-refractivity contribution in [1.29, 1.82) is 0 Å². The molecule has 1 aromatic heterocycles. The number of aliphatic hydroxyl groups is 1. The molecule has 0 bridgehead atoms. The number of nitrogens with zero attached hydrogens (tertiary/aromatic N) is 2. The number of anilines is 2. The summed E-state index contributed by atoms with van der Waals surface area (Å²) in [4.78, 5) is 8.65. The van der Waals surface area contributed by atoms with Gasteiger partial charge in [0.1, 0.15) is 11.6 Å². The van der Waals surface area contributed by atoms with E-state index in [-0.39, 0.29) is 6.61 Å². The van der Waals surface area contributed by atoms with Crippen LogP contribution in [0, 0.1) is 0 Å². The van der Waals surface area contributed by atoms with E-state index in [9.17, 15) is 5.11 Å². The highest BCUT2D eigenvalue weighted by molar-refractivity contribution is 5.60. The minimum atomic E-state index is -0.464. The fourth-order valence-corrected chi connectivity index (χ4v) is 1.63. The summed E-state index contributed by atoms with van der Waals surface area (Å²) in [6, 6.07) is 11.3. The van der Waals surface area contributed by atoms with Gasteiger partial charge in [0.25, 0.3) is 0 Å². The van der Waals surface area contributed by atoms with E-state index < -0.39 is 5.54 Å². The quantitative estimate of drug-likeness (QED) is 0.780. The zero-order valence-electron chi connectivity index (χ0n) is 11.1. The van der Waals surface area contributed by atoms with Gasteiger partial charge in [-0.25, -0.2) is 9.97 Å². The first-order chi connectivity index (χ1) is 9.00. The highest BCUT2D eigenvalue weighted by Gasteiger charge is 2.17. The Hall–Kier alpha value is -2.14. The number of aromatic nitrogens is 2. The number of benzene rings is 1. The molecule has 4 N–H and O–H groups in total. The number of nitrogen functional groups attached to an aromatic ring is 1. The van der Waals surface area contributed by atoms with Crippen molar-refractivity contribution in [1.82, 2.24) is 9.97 Å². The number of hydrogen-bond donors (Lipinski definition) is 3. The minimum absolute atomic E-state index is 0.00240. The Bertz CT molecular complexity index is 555. The molecular weight excluding hydrogens is 240 g/mol. The van der Waals surface area contributed by atoms with Gasteiger partial charge in [0.05, 0.1) is 12.1 Å². The summed E-state index contributed by atoms with van der Waals surface area (Å²) in [7, 11) is 0. The van der Waals surface area contributed by atoms with Crippen LogP contribution in [0.3, 0.4) is 0 Å². The Labute approximate surface area is 112 Å². The molecule has 0 radical (unpaired) electrons. The fourth-order valence-electron chi connectivity index (χ4n) is 1.63. The van der Waals surface area contributed by atoms with Crippen molar-refractivity contribution in [3.8, 4) is 11.4 Å². The molecular formula is C14H18N4O. The third-order valence-electron chi connectivity index (χ3n) is 2.64. The lowest BCUT2D eigenvalue weighted by Crippen LogP contribution is -2.35. The second-order valence-corrected chi connectivity index (χ2v) is 5.03. The molecule has 2 rings (SSSR count). The number of hydrogen-bond acceptors (Lipinski definition) is 5. The van der Waals surface area contributed by atoms with Crippen LogP contribution in [0.5, 0.6) is 0 Å². The number of nitrogens with two attached hydrogens (primary N) is 1. The number of nitrogens with one attached hydrogen (secondary N) is 1. The van der Waals surface area contributed by atoms with Crippen molar-refractivity contribution < 1.29 is 5.11 Å². The molecule has 19 heavy (non-hydrogen) atoms. The summed E-state index contributed by atoms with van der Waals surface area (Å²) in [6.45, 7) is 3.76. The lowest BCUT2D eigenvalue weighted by molar-refractivity contribution is 0.234. The first kappa shape index (κ1) is 13.3. The summed E-state index contributed by atoms with van der Waals surface area (Å²) < 4.78 is 0. The highest BCUT2D eigenvalue weighted by Crippen LogP contribution is 2.20. The van der Waals surface area contributed by atoms with Crippen LogP contribution in [0.25, 0.3) is 11.4 Å². The van der Waals surface area contributed by atoms with E-state index in [0.29, 0.717) is 17.5 Å². The normalized spacial score (nSPS) is 11.3. The minimum Gasteiger partial charge on any atom is -0.394 e. The maximum absolute atomic E-state index is 9.27. The van der Waals surface area contributed by atoms with Crippen LogP contribution in [0.15, 0.2) is 36.4 Å². The third-order valence-corrected chi connectivity index (χ3v) is 2.64. The summed E-state index contributed by atoms with van der Waals surface area (Å²) in [6.07, 6.45) is 0. The Morgan fingerprint density at radius 3 is 2.53 bits per heavy atom. The van der Waals surface area contributed by atoms with Gasteiger partial charge in [-0.1, -0.05) is 30.3 Å². The second kappa shape index (κ2) is 5.24. The molecule has 1 aromatic carbocycles. The molecule has 0 saturated heterocycles. The molecule has 0 fully saturated rings. The zero-order valence-corrected chi connectivity index (χ0v) is 11.1. The zero-order chi connectivity index (χ0) is 13.9. The molecule has 0 spiro atoms. The largest absolute Gasteiger partial charge is 0.394 e. The maximum Gasteiger partial charge on any atom is 0.163 e. The van der Waals surface area contributed by atoms with Crippen LogP contribution >= 0.6 is 0 Å². The molecule has 0 atom stereocenters. The van der Waals surface area contributed by atoms with Crippen molar-refractivity contribution in [2.45, 2.75) is 19.4 Å². The van der Waals surface area contributed by atoms with E-state index in [2.05, 4.69) is 15.3 Å². The van der Waals surface area contributed by atoms with Gasteiger partial charge in [0, 0.05) is 11.6 Å². The van der Waals surface area contributed by atoms with E-state index in [1.165, 1.54) is 0 Å². The van der Waals surface area contributed by atoms with Crippen LogP contribution in [0.1, 0.15) is 13.8 Å². The lowest BCUT2D eigenvalue weighted by atomic mass is 10.1. The monoisotopic (exact) mass is 258 g/mol. The Morgan fingerprint density at radius 2 is 1.89 bits per heavy atom. The molecule has 100 valence electrons. The van der Waals surface area contributed by atoms with Gasteiger partial charge < -0.3 is 16.2 Å². The Morgan fingerprint density at radius 1 is 1.21 bits per heavy atom. The van der Waals surface area contributed by atoms with Crippen LogP contribution < -0.4 is 11.1 Å². The molecule has 0 aliphatic carbocycles. The van der Waals surface area contributed by atoms with Crippen molar-refractivity contribution in [2.75, 3.05) is 17.7 Å². The Balaban J connectivity index is 2.35. The maximum atomic E-state index is 9.27. The van der Waals surface area contributed by atoms with Gasteiger partial charge >= 0.3 is 0 Å². The molecule has 5 nitrogen and oxygen atoms in total. The van der Waals surface area contributed by atoms with Crippen molar-refractivity contribution in [3.05, 3.63) is 36.4 Å². The molecule has 0 unspecified atom stereocenters. The summed E-state index contributed by atoms with van der Waals surface area (Å²) in [5.41, 5.74) is 6.24. The number of rotatable bonds is 4.